The Kier molecular flexibility index (Phi) is 5.58. The fourth-order valence-electron chi connectivity index (χ4n) is 3.29. The zero-order valence-electron chi connectivity index (χ0n) is 15.1. The molecule has 2 heterocycles. The van der Waals surface area contributed by atoms with Crippen molar-refractivity contribution in [1.29, 1.82) is 0 Å². The van der Waals surface area contributed by atoms with Crippen molar-refractivity contribution in [1.82, 2.24) is 9.80 Å². The number of nitrogens with zero attached hydrogens (tertiary/aromatic N) is 3. The normalized spacial score (nSPS) is 17.7. The van der Waals surface area contributed by atoms with Gasteiger partial charge in [-0.2, -0.15) is 0 Å². The zero-order chi connectivity index (χ0) is 17.8. The number of anilines is 1. The van der Waals surface area contributed by atoms with Gasteiger partial charge in [0.2, 0.25) is 5.91 Å². The van der Waals surface area contributed by atoms with E-state index in [1.165, 1.54) is 5.56 Å². The third-order valence-electron chi connectivity index (χ3n) is 4.72. The molecule has 0 N–H and O–H groups in total. The number of carbonyl (C=O) groups is 2. The maximum atomic E-state index is 12.6. The summed E-state index contributed by atoms with van der Waals surface area (Å²) in [5, 5.41) is 0. The highest BCUT2D eigenvalue weighted by Crippen LogP contribution is 2.27. The van der Waals surface area contributed by atoms with E-state index in [4.69, 9.17) is 4.74 Å². The molecule has 0 radical (unpaired) electrons. The number of hydrogen-bond donors (Lipinski definition) is 0. The highest BCUT2D eigenvalue weighted by molar-refractivity contribution is 5.96. The smallest absolute Gasteiger partial charge is 0.409 e. The fraction of sp³-hybridized carbons (Fsp3) is 0.579. The Hall–Kier alpha value is -2.08. The summed E-state index contributed by atoms with van der Waals surface area (Å²) in [5.74, 6) is 0.479. The van der Waals surface area contributed by atoms with Crippen molar-refractivity contribution in [3.63, 3.8) is 0 Å². The molecule has 25 heavy (non-hydrogen) atoms. The second-order valence-corrected chi connectivity index (χ2v) is 7.16. The van der Waals surface area contributed by atoms with Crippen LogP contribution in [0.4, 0.5) is 10.5 Å². The quantitative estimate of drug-likeness (QED) is 0.837. The van der Waals surface area contributed by atoms with Gasteiger partial charge in [-0.1, -0.05) is 32.0 Å². The van der Waals surface area contributed by atoms with Gasteiger partial charge in [-0.25, -0.2) is 4.79 Å². The Balaban J connectivity index is 1.46. The fourth-order valence-corrected chi connectivity index (χ4v) is 3.29. The maximum Gasteiger partial charge on any atom is 0.409 e. The van der Waals surface area contributed by atoms with Crippen LogP contribution in [0.15, 0.2) is 24.3 Å². The van der Waals surface area contributed by atoms with Crippen molar-refractivity contribution < 1.29 is 14.3 Å². The molecule has 2 amide bonds. The number of benzene rings is 1. The number of rotatable bonds is 4. The molecule has 1 aromatic rings. The zero-order valence-corrected chi connectivity index (χ0v) is 15.1. The van der Waals surface area contributed by atoms with Gasteiger partial charge in [-0.05, 0) is 24.0 Å². The van der Waals surface area contributed by atoms with E-state index in [2.05, 4.69) is 11.0 Å². The van der Waals surface area contributed by atoms with E-state index < -0.39 is 0 Å². The van der Waals surface area contributed by atoms with Crippen LogP contribution in [-0.4, -0.2) is 67.7 Å². The minimum absolute atomic E-state index is 0.140. The predicted molar refractivity (Wildman–Crippen MR) is 96.7 cm³/mol. The van der Waals surface area contributed by atoms with Gasteiger partial charge in [0.05, 0.1) is 13.2 Å². The molecule has 0 atom stereocenters. The van der Waals surface area contributed by atoms with Crippen LogP contribution in [0.2, 0.25) is 0 Å². The lowest BCUT2D eigenvalue weighted by atomic mass is 10.2. The van der Waals surface area contributed by atoms with E-state index in [0.29, 0.717) is 45.2 Å². The minimum atomic E-state index is -0.242. The van der Waals surface area contributed by atoms with Crippen LogP contribution < -0.4 is 4.90 Å². The number of amides is 2. The molecule has 0 bridgehead atoms. The molecule has 3 rings (SSSR count). The van der Waals surface area contributed by atoms with Gasteiger partial charge in [-0.3, -0.25) is 9.69 Å². The molecule has 0 aromatic heterocycles. The summed E-state index contributed by atoms with van der Waals surface area (Å²) < 4.78 is 5.27. The SMILES string of the molecule is CC(C)COC(=O)N1CCN(CC(=O)N2CCc3ccccc32)CC1. The number of ether oxygens (including phenoxy) is 1. The van der Waals surface area contributed by atoms with Gasteiger partial charge < -0.3 is 14.5 Å². The monoisotopic (exact) mass is 345 g/mol. The van der Waals surface area contributed by atoms with E-state index in [-0.39, 0.29) is 12.0 Å². The van der Waals surface area contributed by atoms with Crippen molar-refractivity contribution in [3.8, 4) is 0 Å². The predicted octanol–water partition coefficient (Wildman–Crippen LogP) is 1.99. The van der Waals surface area contributed by atoms with E-state index in [9.17, 15) is 9.59 Å². The van der Waals surface area contributed by atoms with Crippen LogP contribution in [0, 0.1) is 5.92 Å². The van der Waals surface area contributed by atoms with Gasteiger partial charge in [-0.15, -0.1) is 0 Å². The van der Waals surface area contributed by atoms with E-state index >= 15 is 0 Å². The van der Waals surface area contributed by atoms with Crippen LogP contribution >= 0.6 is 0 Å². The van der Waals surface area contributed by atoms with Crippen molar-refractivity contribution >= 4 is 17.7 Å². The van der Waals surface area contributed by atoms with Crippen LogP contribution in [0.5, 0.6) is 0 Å². The summed E-state index contributed by atoms with van der Waals surface area (Å²) >= 11 is 0. The van der Waals surface area contributed by atoms with Crippen LogP contribution in [0.1, 0.15) is 19.4 Å². The van der Waals surface area contributed by atoms with Gasteiger partial charge in [0, 0.05) is 38.4 Å². The van der Waals surface area contributed by atoms with E-state index in [1.807, 2.05) is 36.9 Å². The molecule has 6 nitrogen and oxygen atoms in total. The third kappa shape index (κ3) is 4.31. The first-order valence-electron chi connectivity index (χ1n) is 9.07. The van der Waals surface area contributed by atoms with Crippen LogP contribution in [0.25, 0.3) is 0 Å². The highest BCUT2D eigenvalue weighted by Gasteiger charge is 2.28. The largest absolute Gasteiger partial charge is 0.449 e. The van der Waals surface area contributed by atoms with Crippen molar-refractivity contribution in [3.05, 3.63) is 29.8 Å². The number of hydrogen-bond acceptors (Lipinski definition) is 4. The van der Waals surface area contributed by atoms with Crippen molar-refractivity contribution in [2.75, 3.05) is 50.8 Å². The highest BCUT2D eigenvalue weighted by atomic mass is 16.6. The van der Waals surface area contributed by atoms with E-state index in [1.54, 1.807) is 4.90 Å². The van der Waals surface area contributed by atoms with Gasteiger partial charge in [0.25, 0.3) is 0 Å². The Morgan fingerprint density at radius 1 is 1.08 bits per heavy atom. The summed E-state index contributed by atoms with van der Waals surface area (Å²) in [6.45, 7) is 8.30. The first-order valence-corrected chi connectivity index (χ1v) is 9.07. The van der Waals surface area contributed by atoms with E-state index in [0.717, 1.165) is 18.7 Å². The standard InChI is InChI=1S/C19H27N3O3/c1-15(2)14-25-19(24)21-11-9-20(10-12-21)13-18(23)22-8-7-16-5-3-4-6-17(16)22/h3-6,15H,7-14H2,1-2H3. The Morgan fingerprint density at radius 3 is 2.52 bits per heavy atom. The molecule has 136 valence electrons. The molecule has 0 saturated carbocycles. The van der Waals surface area contributed by atoms with Gasteiger partial charge in [0.15, 0.2) is 0 Å². The summed E-state index contributed by atoms with van der Waals surface area (Å²) in [6.07, 6.45) is 0.686. The second kappa shape index (κ2) is 7.87. The molecule has 6 heteroatoms. The van der Waals surface area contributed by atoms with Gasteiger partial charge in [0.1, 0.15) is 0 Å². The molecular weight excluding hydrogens is 318 g/mol. The average molecular weight is 345 g/mol. The van der Waals surface area contributed by atoms with Crippen molar-refractivity contribution in [2.24, 2.45) is 5.92 Å². The lowest BCUT2D eigenvalue weighted by molar-refractivity contribution is -0.120. The summed E-state index contributed by atoms with van der Waals surface area (Å²) in [6, 6.07) is 8.10. The number of fused-ring (bicyclic) bond motifs is 1. The van der Waals surface area contributed by atoms with Gasteiger partial charge >= 0.3 is 6.09 Å². The molecule has 2 aliphatic heterocycles. The van der Waals surface area contributed by atoms with Crippen LogP contribution in [-0.2, 0) is 16.0 Å². The number of piperazine rings is 1. The molecule has 1 aromatic carbocycles. The second-order valence-electron chi connectivity index (χ2n) is 7.16. The molecule has 1 fully saturated rings. The summed E-state index contributed by atoms with van der Waals surface area (Å²) in [4.78, 5) is 30.4. The number of carbonyl (C=O) groups excluding carboxylic acids is 2. The Labute approximate surface area is 149 Å². The molecule has 0 unspecified atom stereocenters. The molecule has 0 spiro atoms. The maximum absolute atomic E-state index is 12.6. The number of para-hydroxylation sites is 1. The first kappa shape index (κ1) is 17.7. The minimum Gasteiger partial charge on any atom is -0.449 e. The first-order chi connectivity index (χ1) is 12.0. The Morgan fingerprint density at radius 2 is 1.80 bits per heavy atom. The molecular formula is C19H27N3O3. The molecule has 0 aliphatic carbocycles. The Bertz CT molecular complexity index is 624. The lowest BCUT2D eigenvalue weighted by Gasteiger charge is -2.34. The third-order valence-corrected chi connectivity index (χ3v) is 4.72. The molecule has 1 saturated heterocycles. The topological polar surface area (TPSA) is 53.1 Å². The van der Waals surface area contributed by atoms with Crippen LogP contribution in [0.3, 0.4) is 0 Å². The molecule has 2 aliphatic rings. The van der Waals surface area contributed by atoms with Crippen molar-refractivity contribution in [2.45, 2.75) is 20.3 Å². The summed E-state index contributed by atoms with van der Waals surface area (Å²) in [7, 11) is 0. The summed E-state index contributed by atoms with van der Waals surface area (Å²) in [5.41, 5.74) is 2.29. The average Bonchev–Trinajstić information content (AvgIpc) is 3.04. The lowest BCUT2D eigenvalue weighted by Crippen LogP contribution is -2.51.